The first-order valence-corrected chi connectivity index (χ1v) is 8.43. The molecule has 0 nitrogen and oxygen atoms in total. The molecule has 0 aliphatic carbocycles. The lowest BCUT2D eigenvalue weighted by atomic mass is 9.87. The molecule has 102 valence electrons. The van der Waals surface area contributed by atoms with Gasteiger partial charge in [0.25, 0.3) is 0 Å². The first-order valence-electron chi connectivity index (χ1n) is 6.27. The van der Waals surface area contributed by atoms with Gasteiger partial charge in [-0.25, -0.2) is 0 Å². The highest BCUT2D eigenvalue weighted by Gasteiger charge is 2.18. The molecular weight excluding hydrogens is 458 g/mol. The van der Waals surface area contributed by atoms with E-state index in [4.69, 9.17) is 0 Å². The molecule has 2 aromatic carbocycles. The lowest BCUT2D eigenvalue weighted by Crippen LogP contribution is -3.61. The lowest BCUT2D eigenvalue weighted by Gasteiger charge is -2.18. The molecular formula is C17H20I2. The molecule has 0 aliphatic rings. The molecule has 19 heavy (non-hydrogen) atoms. The third-order valence-electron chi connectivity index (χ3n) is 2.94. The zero-order valence-corrected chi connectivity index (χ0v) is 16.2. The predicted molar refractivity (Wildman–Crippen MR) is 73.7 cm³/mol. The molecule has 0 fully saturated rings. The van der Waals surface area contributed by atoms with Crippen molar-refractivity contribution in [1.82, 2.24) is 0 Å². The van der Waals surface area contributed by atoms with Crippen LogP contribution in [0.4, 0.5) is 0 Å². The molecule has 0 aromatic heterocycles. The Morgan fingerprint density at radius 2 is 1.16 bits per heavy atom. The minimum absolute atomic E-state index is 0. The van der Waals surface area contributed by atoms with Crippen LogP contribution in [-0.4, -0.2) is 0 Å². The minimum Gasteiger partial charge on any atom is -1.00 e. The summed E-state index contributed by atoms with van der Waals surface area (Å²) in [5.41, 5.74) is 3.01. The highest BCUT2D eigenvalue weighted by atomic mass is 127. The predicted octanol–water partition coefficient (Wildman–Crippen LogP) is -1.58. The second-order valence-electron chi connectivity index (χ2n) is 5.65. The van der Waals surface area contributed by atoms with Gasteiger partial charge in [0.2, 0.25) is 0 Å². The maximum absolute atomic E-state index is 2.30. The van der Waals surface area contributed by atoms with E-state index in [1.54, 1.807) is 0 Å². The molecule has 0 saturated carbocycles. The van der Waals surface area contributed by atoms with Crippen molar-refractivity contribution in [1.29, 1.82) is 0 Å². The molecule has 2 heteroatoms. The van der Waals surface area contributed by atoms with Crippen LogP contribution in [0.3, 0.4) is 0 Å². The van der Waals surface area contributed by atoms with Crippen molar-refractivity contribution in [3.63, 3.8) is 0 Å². The number of hydrogen-bond acceptors (Lipinski definition) is 0. The summed E-state index contributed by atoms with van der Waals surface area (Å²) in [5, 5.41) is 0. The molecule has 0 saturated heterocycles. The normalized spacial score (nSPS) is 10.9. The summed E-state index contributed by atoms with van der Waals surface area (Å²) < 4.78 is 2.98. The Morgan fingerprint density at radius 3 is 1.58 bits per heavy atom. The Kier molecular flexibility index (Phi) is 6.30. The van der Waals surface area contributed by atoms with Crippen molar-refractivity contribution in [3.05, 3.63) is 66.8 Å². The summed E-state index contributed by atoms with van der Waals surface area (Å²) in [5.74, 6) is 0. The Hall–Kier alpha value is -0.100. The first kappa shape index (κ1) is 17.0. The smallest absolute Gasteiger partial charge is 0.357 e. The molecule has 0 spiro atoms. The van der Waals surface area contributed by atoms with E-state index in [1.165, 1.54) is 18.3 Å². The molecule has 0 radical (unpaired) electrons. The molecule has 0 unspecified atom stereocenters. The molecule has 0 heterocycles. The van der Waals surface area contributed by atoms with Crippen LogP contribution in [0.2, 0.25) is 0 Å². The molecule has 0 aliphatic heterocycles. The monoisotopic (exact) mass is 478 g/mol. The third-order valence-corrected chi connectivity index (χ3v) is 5.62. The van der Waals surface area contributed by atoms with E-state index in [0.29, 0.717) is 0 Å². The van der Waals surface area contributed by atoms with Gasteiger partial charge in [-0.1, -0.05) is 50.6 Å². The standard InChI is InChI=1S/C17H20I.HI/c1-13-5-9-15(10-6-13)18-16-11-7-14(8-12-16)17(2,3)4;/h5-12H,1-4H3;1H/q+1;/p-1. The largest absolute Gasteiger partial charge is 1.00 e. The van der Waals surface area contributed by atoms with E-state index in [0.717, 1.165) is 0 Å². The van der Waals surface area contributed by atoms with Crippen molar-refractivity contribution in [2.24, 2.45) is 0 Å². The van der Waals surface area contributed by atoms with Gasteiger partial charge >= 0.3 is 21.2 Å². The highest BCUT2D eigenvalue weighted by molar-refractivity contribution is 5.22. The van der Waals surface area contributed by atoms with Gasteiger partial charge < -0.3 is 24.0 Å². The van der Waals surface area contributed by atoms with Crippen molar-refractivity contribution < 1.29 is 45.2 Å². The maximum atomic E-state index is 2.30. The summed E-state index contributed by atoms with van der Waals surface area (Å²) in [4.78, 5) is 0. The van der Waals surface area contributed by atoms with Gasteiger partial charge in [0.05, 0.1) is 0 Å². The fourth-order valence-corrected chi connectivity index (χ4v) is 3.89. The van der Waals surface area contributed by atoms with Gasteiger partial charge in [0.1, 0.15) is 0 Å². The minimum atomic E-state index is -0.0336. The molecule has 2 rings (SSSR count). The molecule has 0 N–H and O–H groups in total. The zero-order valence-electron chi connectivity index (χ0n) is 11.9. The van der Waals surface area contributed by atoms with Crippen molar-refractivity contribution in [2.45, 2.75) is 33.1 Å². The van der Waals surface area contributed by atoms with Crippen molar-refractivity contribution in [3.8, 4) is 0 Å². The van der Waals surface area contributed by atoms with E-state index in [-0.39, 0.29) is 50.6 Å². The number of benzene rings is 2. The Morgan fingerprint density at radius 1 is 0.737 bits per heavy atom. The average molecular weight is 478 g/mol. The fraction of sp³-hybridized carbons (Fsp3) is 0.294. The van der Waals surface area contributed by atoms with Crippen LogP contribution < -0.4 is 45.2 Å². The van der Waals surface area contributed by atoms with Crippen LogP contribution >= 0.6 is 0 Å². The summed E-state index contributed by atoms with van der Waals surface area (Å²) >= 11 is -0.0336. The quantitative estimate of drug-likeness (QED) is 0.458. The number of rotatable bonds is 2. The molecule has 0 atom stereocenters. The van der Waals surface area contributed by atoms with Crippen LogP contribution in [0.15, 0.2) is 48.5 Å². The molecule has 0 bridgehead atoms. The van der Waals surface area contributed by atoms with Gasteiger partial charge in [-0.15, -0.1) is 0 Å². The fourth-order valence-electron chi connectivity index (χ4n) is 1.74. The highest BCUT2D eigenvalue weighted by Crippen LogP contribution is 2.20. The van der Waals surface area contributed by atoms with E-state index in [1.807, 2.05) is 0 Å². The topological polar surface area (TPSA) is 0 Å². The van der Waals surface area contributed by atoms with Crippen molar-refractivity contribution in [2.75, 3.05) is 0 Å². The average Bonchev–Trinajstić information content (AvgIpc) is 2.32. The zero-order chi connectivity index (χ0) is 13.2. The van der Waals surface area contributed by atoms with Crippen molar-refractivity contribution >= 4 is 0 Å². The number of halogens is 2. The number of hydrogen-bond donors (Lipinski definition) is 0. The van der Waals surface area contributed by atoms with Crippen LogP contribution in [0, 0.1) is 14.1 Å². The van der Waals surface area contributed by atoms with Crippen LogP contribution in [0.25, 0.3) is 0 Å². The number of aryl methyl sites for hydroxylation is 1. The second-order valence-corrected chi connectivity index (χ2v) is 8.68. The van der Waals surface area contributed by atoms with Crippen LogP contribution in [0.5, 0.6) is 0 Å². The lowest BCUT2D eigenvalue weighted by molar-refractivity contribution is -0.597. The second kappa shape index (κ2) is 7.07. The maximum Gasteiger partial charge on any atom is 0.357 e. The Labute approximate surface area is 144 Å². The van der Waals surface area contributed by atoms with Crippen LogP contribution in [-0.2, 0) is 5.41 Å². The van der Waals surface area contributed by atoms with Gasteiger partial charge in [0.15, 0.2) is 7.14 Å². The summed E-state index contributed by atoms with van der Waals surface area (Å²) in [6.07, 6.45) is 0. The van der Waals surface area contributed by atoms with E-state index in [2.05, 4.69) is 76.2 Å². The van der Waals surface area contributed by atoms with Gasteiger partial charge in [-0.3, -0.25) is 0 Å². The van der Waals surface area contributed by atoms with E-state index >= 15 is 0 Å². The first-order chi connectivity index (χ1) is 8.45. The SMILES string of the molecule is Cc1ccc([I+]c2ccc(C(C)(C)C)cc2)cc1.[I-]. The summed E-state index contributed by atoms with van der Waals surface area (Å²) in [6, 6.07) is 18.1. The van der Waals surface area contributed by atoms with Gasteiger partial charge in [-0.2, -0.15) is 0 Å². The van der Waals surface area contributed by atoms with E-state index in [9.17, 15) is 0 Å². The van der Waals surface area contributed by atoms with Gasteiger partial charge in [-0.05, 0) is 42.2 Å². The third kappa shape index (κ3) is 5.06. The summed E-state index contributed by atoms with van der Waals surface area (Å²) in [6.45, 7) is 8.92. The molecule has 0 amide bonds. The summed E-state index contributed by atoms with van der Waals surface area (Å²) in [7, 11) is 0. The molecule has 2 aromatic rings. The van der Waals surface area contributed by atoms with Crippen LogP contribution in [0.1, 0.15) is 31.9 Å². The Balaban J connectivity index is 0.00000180. The van der Waals surface area contributed by atoms with Gasteiger partial charge in [0, 0.05) is 0 Å². The van der Waals surface area contributed by atoms with E-state index < -0.39 is 0 Å². The Bertz CT molecular complexity index is 504.